The van der Waals surface area contributed by atoms with E-state index in [1.165, 1.54) is 12.1 Å². The molecule has 0 heterocycles. The van der Waals surface area contributed by atoms with Crippen LogP contribution in [0.2, 0.25) is 5.02 Å². The molecule has 2 rings (SSSR count). The number of anilines is 2. The van der Waals surface area contributed by atoms with E-state index in [0.717, 1.165) is 0 Å². The Morgan fingerprint density at radius 3 is 2.32 bits per heavy atom. The van der Waals surface area contributed by atoms with Crippen LogP contribution in [0.5, 0.6) is 0 Å². The summed E-state index contributed by atoms with van der Waals surface area (Å²) < 4.78 is 27.4. The van der Waals surface area contributed by atoms with Crippen molar-refractivity contribution >= 4 is 48.9 Å². The maximum atomic E-state index is 12.1. The number of hydrogen-bond acceptors (Lipinski definition) is 3. The summed E-state index contributed by atoms with van der Waals surface area (Å²) in [4.78, 5) is 0.100. The van der Waals surface area contributed by atoms with E-state index in [1.54, 1.807) is 30.3 Å². The highest BCUT2D eigenvalue weighted by Crippen LogP contribution is 2.24. The Balaban J connectivity index is 2.32. The van der Waals surface area contributed by atoms with Gasteiger partial charge in [0.25, 0.3) is 10.0 Å². The molecule has 4 nitrogen and oxygen atoms in total. The zero-order valence-electron chi connectivity index (χ0n) is 9.60. The third-order valence-electron chi connectivity index (χ3n) is 2.37. The Kier molecular flexibility index (Phi) is 4.03. The highest BCUT2D eigenvalue weighted by molar-refractivity contribution is 9.10. The lowest BCUT2D eigenvalue weighted by Gasteiger charge is -2.09. The van der Waals surface area contributed by atoms with Crippen molar-refractivity contribution in [3.63, 3.8) is 0 Å². The molecule has 100 valence electrons. The minimum atomic E-state index is -3.66. The molecule has 0 aliphatic carbocycles. The first-order chi connectivity index (χ1) is 8.88. The number of sulfonamides is 1. The van der Waals surface area contributed by atoms with E-state index in [4.69, 9.17) is 17.3 Å². The number of nitrogens with one attached hydrogen (secondary N) is 1. The van der Waals surface area contributed by atoms with E-state index < -0.39 is 10.0 Å². The first-order valence-electron chi connectivity index (χ1n) is 5.22. The second-order valence-corrected chi connectivity index (χ2v) is 6.77. The van der Waals surface area contributed by atoms with Gasteiger partial charge in [0, 0.05) is 20.9 Å². The lowest BCUT2D eigenvalue weighted by atomic mass is 10.3. The maximum Gasteiger partial charge on any atom is 0.261 e. The van der Waals surface area contributed by atoms with Crippen LogP contribution in [-0.2, 0) is 10.0 Å². The van der Waals surface area contributed by atoms with Crippen LogP contribution in [0.4, 0.5) is 11.4 Å². The smallest absolute Gasteiger partial charge is 0.261 e. The molecule has 19 heavy (non-hydrogen) atoms. The molecule has 0 aromatic heterocycles. The Labute approximate surface area is 124 Å². The number of nitrogen functional groups attached to an aromatic ring is 1. The van der Waals surface area contributed by atoms with Gasteiger partial charge < -0.3 is 5.73 Å². The van der Waals surface area contributed by atoms with Crippen molar-refractivity contribution in [3.8, 4) is 0 Å². The van der Waals surface area contributed by atoms with Crippen molar-refractivity contribution in [1.82, 2.24) is 0 Å². The van der Waals surface area contributed by atoms with E-state index >= 15 is 0 Å². The van der Waals surface area contributed by atoms with Crippen molar-refractivity contribution in [2.24, 2.45) is 0 Å². The van der Waals surface area contributed by atoms with Crippen molar-refractivity contribution in [2.45, 2.75) is 4.90 Å². The fourth-order valence-corrected chi connectivity index (χ4v) is 2.89. The number of nitrogens with two attached hydrogens (primary N) is 1. The van der Waals surface area contributed by atoms with Crippen LogP contribution in [0, 0.1) is 0 Å². The van der Waals surface area contributed by atoms with Gasteiger partial charge in [-0.3, -0.25) is 4.72 Å². The summed E-state index contributed by atoms with van der Waals surface area (Å²) in [7, 11) is -3.66. The molecule has 3 N–H and O–H groups in total. The molecule has 0 spiro atoms. The van der Waals surface area contributed by atoms with Crippen molar-refractivity contribution in [2.75, 3.05) is 10.5 Å². The Morgan fingerprint density at radius 1 is 1.11 bits per heavy atom. The normalized spacial score (nSPS) is 11.3. The molecule has 0 aliphatic rings. The predicted octanol–water partition coefficient (Wildman–Crippen LogP) is 3.49. The third-order valence-corrected chi connectivity index (χ3v) is 4.73. The van der Waals surface area contributed by atoms with Crippen LogP contribution in [0.25, 0.3) is 0 Å². The topological polar surface area (TPSA) is 72.2 Å². The van der Waals surface area contributed by atoms with E-state index in [9.17, 15) is 8.42 Å². The second-order valence-electron chi connectivity index (χ2n) is 3.80. The summed E-state index contributed by atoms with van der Waals surface area (Å²) in [6.45, 7) is 0. The van der Waals surface area contributed by atoms with Gasteiger partial charge in [0.05, 0.1) is 4.90 Å². The third kappa shape index (κ3) is 3.40. The van der Waals surface area contributed by atoms with Gasteiger partial charge in [-0.25, -0.2) is 8.42 Å². The summed E-state index contributed by atoms with van der Waals surface area (Å²) in [5.74, 6) is 0. The molecular weight excluding hydrogens is 352 g/mol. The molecule has 0 bridgehead atoms. The van der Waals surface area contributed by atoms with Gasteiger partial charge in [-0.05, 0) is 58.4 Å². The highest BCUT2D eigenvalue weighted by Gasteiger charge is 2.15. The fraction of sp³-hybridized carbons (Fsp3) is 0. The van der Waals surface area contributed by atoms with E-state index in [1.807, 2.05) is 0 Å². The molecule has 0 radical (unpaired) electrons. The van der Waals surface area contributed by atoms with Gasteiger partial charge in [0.15, 0.2) is 0 Å². The highest BCUT2D eigenvalue weighted by atomic mass is 79.9. The molecular formula is C12H10BrClN2O2S. The number of hydrogen-bond donors (Lipinski definition) is 2. The van der Waals surface area contributed by atoms with Crippen molar-refractivity contribution < 1.29 is 8.42 Å². The zero-order valence-corrected chi connectivity index (χ0v) is 12.8. The van der Waals surface area contributed by atoms with Gasteiger partial charge in [-0.2, -0.15) is 0 Å². The first kappa shape index (κ1) is 14.2. The maximum absolute atomic E-state index is 12.1. The average Bonchev–Trinajstić information content (AvgIpc) is 2.35. The molecule has 0 amide bonds. The second kappa shape index (κ2) is 5.40. The number of rotatable bonds is 3. The predicted molar refractivity (Wildman–Crippen MR) is 80.8 cm³/mol. The molecule has 0 fully saturated rings. The Morgan fingerprint density at radius 2 is 1.74 bits per heavy atom. The van der Waals surface area contributed by atoms with Crippen LogP contribution < -0.4 is 10.5 Å². The number of halogens is 2. The average molecular weight is 362 g/mol. The van der Waals surface area contributed by atoms with Crippen LogP contribution in [0.3, 0.4) is 0 Å². The summed E-state index contributed by atoms with van der Waals surface area (Å²) in [5, 5.41) is 0.538. The van der Waals surface area contributed by atoms with Crippen molar-refractivity contribution in [1.29, 1.82) is 0 Å². The summed E-state index contributed by atoms with van der Waals surface area (Å²) in [6, 6.07) is 10.8. The van der Waals surface area contributed by atoms with Crippen LogP contribution in [-0.4, -0.2) is 8.42 Å². The van der Waals surface area contributed by atoms with Crippen LogP contribution in [0.15, 0.2) is 51.8 Å². The lowest BCUT2D eigenvalue weighted by Crippen LogP contribution is -2.13. The summed E-state index contributed by atoms with van der Waals surface area (Å²) in [5.41, 5.74) is 6.47. The Hall–Kier alpha value is -1.24. The van der Waals surface area contributed by atoms with E-state index in [0.29, 0.717) is 20.9 Å². The summed E-state index contributed by atoms with van der Waals surface area (Å²) in [6.07, 6.45) is 0. The lowest BCUT2D eigenvalue weighted by molar-refractivity contribution is 0.601. The van der Waals surface area contributed by atoms with Gasteiger partial charge in [-0.1, -0.05) is 11.6 Å². The molecule has 0 unspecified atom stereocenters. The van der Waals surface area contributed by atoms with Crippen LogP contribution in [0.1, 0.15) is 0 Å². The molecule has 0 saturated heterocycles. The fourth-order valence-electron chi connectivity index (χ4n) is 1.42. The van der Waals surface area contributed by atoms with Crippen molar-refractivity contribution in [3.05, 3.63) is 52.0 Å². The molecule has 2 aromatic rings. The van der Waals surface area contributed by atoms with Gasteiger partial charge in [0.1, 0.15) is 0 Å². The van der Waals surface area contributed by atoms with E-state index in [-0.39, 0.29) is 4.90 Å². The zero-order chi connectivity index (χ0) is 14.0. The molecule has 0 saturated carbocycles. The monoisotopic (exact) mass is 360 g/mol. The minimum absolute atomic E-state index is 0.100. The Bertz CT molecular complexity index is 702. The quantitative estimate of drug-likeness (QED) is 0.822. The van der Waals surface area contributed by atoms with E-state index in [2.05, 4.69) is 20.7 Å². The SMILES string of the molecule is Nc1cc(S(=O)(=O)Nc2ccc(Cl)cc2)ccc1Br. The van der Waals surface area contributed by atoms with Gasteiger partial charge >= 0.3 is 0 Å². The first-order valence-corrected chi connectivity index (χ1v) is 7.87. The molecule has 0 aliphatic heterocycles. The number of benzene rings is 2. The largest absolute Gasteiger partial charge is 0.398 e. The molecule has 0 atom stereocenters. The minimum Gasteiger partial charge on any atom is -0.398 e. The molecule has 7 heteroatoms. The molecule has 2 aromatic carbocycles. The van der Waals surface area contributed by atoms with Gasteiger partial charge in [0.2, 0.25) is 0 Å². The standard InChI is InChI=1S/C12H10BrClN2O2S/c13-11-6-5-10(7-12(11)15)19(17,18)16-9-3-1-8(14)2-4-9/h1-7,16H,15H2. The van der Waals surface area contributed by atoms with Gasteiger partial charge in [-0.15, -0.1) is 0 Å². The van der Waals surface area contributed by atoms with Crippen LogP contribution >= 0.6 is 27.5 Å². The summed E-state index contributed by atoms with van der Waals surface area (Å²) >= 11 is 8.96.